The van der Waals surface area contributed by atoms with Gasteiger partial charge in [-0.2, -0.15) is 0 Å². The predicted octanol–water partition coefficient (Wildman–Crippen LogP) is 3.84. The lowest BCUT2D eigenvalue weighted by Gasteiger charge is -2.29. The standard InChI is InChI=1S/C16H33NO/c1-13(10-11-17)14(2)16(15-8-9-15)7-5-4-6-12-18-3/h13-16H,4-12,17H2,1-3H3/t13-,14?,16?/m0/s1. The minimum Gasteiger partial charge on any atom is -0.385 e. The first-order valence-corrected chi connectivity index (χ1v) is 7.89. The zero-order chi connectivity index (χ0) is 13.4. The molecule has 2 nitrogen and oxygen atoms in total. The maximum Gasteiger partial charge on any atom is 0.0462 e. The molecule has 3 atom stereocenters. The Morgan fingerprint density at radius 3 is 2.39 bits per heavy atom. The van der Waals surface area contributed by atoms with Crippen molar-refractivity contribution in [1.29, 1.82) is 0 Å². The monoisotopic (exact) mass is 255 g/mol. The molecule has 1 aliphatic rings. The first-order valence-electron chi connectivity index (χ1n) is 7.89. The largest absolute Gasteiger partial charge is 0.385 e. The van der Waals surface area contributed by atoms with Crippen LogP contribution in [0.25, 0.3) is 0 Å². The molecule has 0 radical (unpaired) electrons. The van der Waals surface area contributed by atoms with Gasteiger partial charge in [0.15, 0.2) is 0 Å². The van der Waals surface area contributed by atoms with Crippen LogP contribution in [0.15, 0.2) is 0 Å². The van der Waals surface area contributed by atoms with Gasteiger partial charge >= 0.3 is 0 Å². The van der Waals surface area contributed by atoms with E-state index < -0.39 is 0 Å². The summed E-state index contributed by atoms with van der Waals surface area (Å²) in [5, 5.41) is 0. The highest BCUT2D eigenvalue weighted by atomic mass is 16.5. The Kier molecular flexibility index (Phi) is 7.92. The maximum absolute atomic E-state index is 5.70. The van der Waals surface area contributed by atoms with Crippen molar-refractivity contribution in [3.05, 3.63) is 0 Å². The first kappa shape index (κ1) is 16.0. The minimum atomic E-state index is 0.791. The predicted molar refractivity (Wildman–Crippen MR) is 78.6 cm³/mol. The third kappa shape index (κ3) is 5.71. The number of hydrogen-bond donors (Lipinski definition) is 1. The van der Waals surface area contributed by atoms with Gasteiger partial charge in [-0.3, -0.25) is 0 Å². The molecule has 0 aliphatic heterocycles. The van der Waals surface area contributed by atoms with Gasteiger partial charge in [-0.25, -0.2) is 0 Å². The van der Waals surface area contributed by atoms with Gasteiger partial charge in [-0.05, 0) is 62.3 Å². The van der Waals surface area contributed by atoms with Crippen LogP contribution in [0.3, 0.4) is 0 Å². The Labute approximate surface area is 114 Å². The van der Waals surface area contributed by atoms with E-state index in [4.69, 9.17) is 10.5 Å². The summed E-state index contributed by atoms with van der Waals surface area (Å²) >= 11 is 0. The van der Waals surface area contributed by atoms with Crippen LogP contribution in [0.4, 0.5) is 0 Å². The van der Waals surface area contributed by atoms with E-state index >= 15 is 0 Å². The van der Waals surface area contributed by atoms with E-state index in [1.807, 2.05) is 0 Å². The molecule has 0 bridgehead atoms. The van der Waals surface area contributed by atoms with E-state index in [0.29, 0.717) is 0 Å². The van der Waals surface area contributed by atoms with E-state index in [2.05, 4.69) is 13.8 Å². The summed E-state index contributed by atoms with van der Waals surface area (Å²) in [6.45, 7) is 6.61. The van der Waals surface area contributed by atoms with Gasteiger partial charge in [0.25, 0.3) is 0 Å². The molecule has 2 heteroatoms. The molecular weight excluding hydrogens is 222 g/mol. The van der Waals surface area contributed by atoms with Crippen LogP contribution in [0, 0.1) is 23.7 Å². The second-order valence-corrected chi connectivity index (χ2v) is 6.26. The highest BCUT2D eigenvalue weighted by molar-refractivity contribution is 4.86. The smallest absolute Gasteiger partial charge is 0.0462 e. The topological polar surface area (TPSA) is 35.2 Å². The number of rotatable bonds is 11. The number of unbranched alkanes of at least 4 members (excludes halogenated alkanes) is 2. The molecule has 18 heavy (non-hydrogen) atoms. The number of nitrogens with two attached hydrogens (primary N) is 1. The lowest BCUT2D eigenvalue weighted by Crippen LogP contribution is -2.23. The summed E-state index contributed by atoms with van der Waals surface area (Å²) in [4.78, 5) is 0. The molecule has 0 aromatic heterocycles. The van der Waals surface area contributed by atoms with Gasteiger partial charge in [0, 0.05) is 13.7 Å². The summed E-state index contributed by atoms with van der Waals surface area (Å²) in [5.41, 5.74) is 5.70. The van der Waals surface area contributed by atoms with Crippen molar-refractivity contribution >= 4 is 0 Å². The van der Waals surface area contributed by atoms with Gasteiger partial charge in [0.2, 0.25) is 0 Å². The van der Waals surface area contributed by atoms with Crippen molar-refractivity contribution in [2.24, 2.45) is 29.4 Å². The lowest BCUT2D eigenvalue weighted by atomic mass is 9.77. The van der Waals surface area contributed by atoms with E-state index in [-0.39, 0.29) is 0 Å². The second-order valence-electron chi connectivity index (χ2n) is 6.26. The summed E-state index contributed by atoms with van der Waals surface area (Å²) in [5.74, 6) is 3.62. The van der Waals surface area contributed by atoms with Crippen molar-refractivity contribution in [3.8, 4) is 0 Å². The fraction of sp³-hybridized carbons (Fsp3) is 1.00. The van der Waals surface area contributed by atoms with E-state index in [9.17, 15) is 0 Å². The second kappa shape index (κ2) is 8.92. The molecule has 0 aromatic rings. The van der Waals surface area contributed by atoms with Gasteiger partial charge in [-0.1, -0.05) is 26.7 Å². The Hall–Kier alpha value is -0.0800. The minimum absolute atomic E-state index is 0.791. The Morgan fingerprint density at radius 1 is 1.11 bits per heavy atom. The zero-order valence-corrected chi connectivity index (χ0v) is 12.7. The quantitative estimate of drug-likeness (QED) is 0.569. The van der Waals surface area contributed by atoms with Crippen LogP contribution in [0.5, 0.6) is 0 Å². The van der Waals surface area contributed by atoms with Gasteiger partial charge in [-0.15, -0.1) is 0 Å². The van der Waals surface area contributed by atoms with Crippen LogP contribution >= 0.6 is 0 Å². The van der Waals surface area contributed by atoms with Crippen LogP contribution in [0.2, 0.25) is 0 Å². The summed E-state index contributed by atoms with van der Waals surface area (Å²) in [6.07, 6.45) is 9.49. The van der Waals surface area contributed by atoms with Crippen LogP contribution in [0.1, 0.15) is 58.8 Å². The molecule has 2 unspecified atom stereocenters. The number of methoxy groups -OCH3 is 1. The van der Waals surface area contributed by atoms with Crippen molar-refractivity contribution in [1.82, 2.24) is 0 Å². The van der Waals surface area contributed by atoms with Gasteiger partial charge < -0.3 is 10.5 Å². The van der Waals surface area contributed by atoms with Crippen LogP contribution in [-0.2, 0) is 4.74 Å². The average Bonchev–Trinajstić information content (AvgIpc) is 3.17. The molecule has 1 fully saturated rings. The number of hydrogen-bond acceptors (Lipinski definition) is 2. The molecule has 1 saturated carbocycles. The molecule has 0 spiro atoms. The Morgan fingerprint density at radius 2 is 1.83 bits per heavy atom. The van der Waals surface area contributed by atoms with Crippen molar-refractivity contribution < 1.29 is 4.74 Å². The highest BCUT2D eigenvalue weighted by Gasteiger charge is 2.35. The molecule has 0 aromatic carbocycles. The average molecular weight is 255 g/mol. The normalized spacial score (nSPS) is 20.7. The molecule has 108 valence electrons. The molecule has 1 aliphatic carbocycles. The van der Waals surface area contributed by atoms with Crippen molar-refractivity contribution in [2.45, 2.75) is 58.8 Å². The fourth-order valence-electron chi connectivity index (χ4n) is 3.20. The van der Waals surface area contributed by atoms with Crippen LogP contribution < -0.4 is 5.73 Å². The van der Waals surface area contributed by atoms with Gasteiger partial charge in [0.1, 0.15) is 0 Å². The van der Waals surface area contributed by atoms with Crippen molar-refractivity contribution in [2.75, 3.05) is 20.3 Å². The fourth-order valence-corrected chi connectivity index (χ4v) is 3.20. The maximum atomic E-state index is 5.70. The third-order valence-corrected chi connectivity index (χ3v) is 4.81. The number of ether oxygens (including phenoxy) is 1. The molecule has 1 rings (SSSR count). The molecular formula is C16H33NO. The Bertz CT molecular complexity index is 203. The molecule has 0 amide bonds. The van der Waals surface area contributed by atoms with E-state index in [0.717, 1.165) is 36.8 Å². The Balaban J connectivity index is 2.26. The molecule has 0 saturated heterocycles. The summed E-state index contributed by atoms with van der Waals surface area (Å²) in [7, 11) is 1.80. The summed E-state index contributed by atoms with van der Waals surface area (Å²) in [6, 6.07) is 0. The molecule has 2 N–H and O–H groups in total. The lowest BCUT2D eigenvalue weighted by molar-refractivity contribution is 0.184. The van der Waals surface area contributed by atoms with Crippen LogP contribution in [-0.4, -0.2) is 20.3 Å². The highest BCUT2D eigenvalue weighted by Crippen LogP contribution is 2.45. The van der Waals surface area contributed by atoms with E-state index in [1.54, 1.807) is 7.11 Å². The van der Waals surface area contributed by atoms with Gasteiger partial charge in [0.05, 0.1) is 0 Å². The first-order chi connectivity index (χ1) is 8.70. The SMILES string of the molecule is COCCCCCC(C1CC1)C(C)[C@@H](C)CCN. The third-order valence-electron chi connectivity index (χ3n) is 4.81. The van der Waals surface area contributed by atoms with E-state index in [1.165, 1.54) is 44.9 Å². The zero-order valence-electron chi connectivity index (χ0n) is 12.7. The molecule has 0 heterocycles. The summed E-state index contributed by atoms with van der Waals surface area (Å²) < 4.78 is 5.11. The van der Waals surface area contributed by atoms with Crippen molar-refractivity contribution in [3.63, 3.8) is 0 Å².